The van der Waals surface area contributed by atoms with Crippen LogP contribution in [0.5, 0.6) is 0 Å². The monoisotopic (exact) mass is 353 g/mol. The number of hydrogen-bond donors (Lipinski definition) is 4. The third-order valence-electron chi connectivity index (χ3n) is 4.31. The van der Waals surface area contributed by atoms with Crippen LogP contribution in [0, 0.1) is 11.8 Å². The maximum atomic E-state index is 11.4. The van der Waals surface area contributed by atoms with Crippen molar-refractivity contribution in [3.63, 3.8) is 0 Å². The molecule has 1 amide bonds. The van der Waals surface area contributed by atoms with Crippen molar-refractivity contribution in [1.29, 1.82) is 0 Å². The highest BCUT2D eigenvalue weighted by Crippen LogP contribution is 2.25. The summed E-state index contributed by atoms with van der Waals surface area (Å²) in [4.78, 5) is 21.1. The number of carbonyl (C=O) groups excluding carboxylic acids is 1. The van der Waals surface area contributed by atoms with Gasteiger partial charge in [-0.3, -0.25) is 9.69 Å². The Balaban J connectivity index is 1.92. The van der Waals surface area contributed by atoms with Crippen LogP contribution >= 0.6 is 0 Å². The van der Waals surface area contributed by atoms with Crippen LogP contribution in [0.25, 0.3) is 11.3 Å². The highest BCUT2D eigenvalue weighted by Gasteiger charge is 2.42. The van der Waals surface area contributed by atoms with E-state index in [0.29, 0.717) is 29.8 Å². The van der Waals surface area contributed by atoms with Crippen LogP contribution in [0.2, 0.25) is 0 Å². The molecule has 26 heavy (non-hydrogen) atoms. The molecule has 1 aliphatic heterocycles. The molecule has 0 radical (unpaired) electrons. The van der Waals surface area contributed by atoms with Gasteiger partial charge >= 0.3 is 0 Å². The van der Waals surface area contributed by atoms with Gasteiger partial charge in [-0.25, -0.2) is 9.97 Å². The summed E-state index contributed by atoms with van der Waals surface area (Å²) in [7, 11) is 1.72. The maximum absolute atomic E-state index is 11.4. The third-order valence-corrected chi connectivity index (χ3v) is 4.31. The number of aromatic nitrogens is 2. The molecule has 0 bridgehead atoms. The molecule has 8 heteroatoms. The molecule has 6 N–H and O–H groups in total. The van der Waals surface area contributed by atoms with Crippen molar-refractivity contribution in [3.05, 3.63) is 41.7 Å². The number of aliphatic hydroxyl groups is 2. The Morgan fingerprint density at radius 1 is 1.46 bits per heavy atom. The SMILES string of the molecule is CN1CC[C@@](O)(C#Cc2cccc(-c3cnc(N)c(C(N)=O)n3)c2)C1O. The van der Waals surface area contributed by atoms with E-state index in [0.717, 1.165) is 0 Å². The molecule has 1 aliphatic rings. The van der Waals surface area contributed by atoms with Crippen molar-refractivity contribution >= 4 is 11.7 Å². The molecule has 1 saturated heterocycles. The zero-order chi connectivity index (χ0) is 18.9. The molecular formula is C18H19N5O3. The Bertz CT molecular complexity index is 921. The van der Waals surface area contributed by atoms with Crippen molar-refractivity contribution in [2.24, 2.45) is 5.73 Å². The van der Waals surface area contributed by atoms with E-state index in [4.69, 9.17) is 11.5 Å². The Hall–Kier alpha value is -2.99. The number of amides is 1. The number of primary amides is 1. The number of nitrogens with two attached hydrogens (primary N) is 2. The second-order valence-corrected chi connectivity index (χ2v) is 6.21. The van der Waals surface area contributed by atoms with Crippen molar-refractivity contribution in [3.8, 4) is 23.1 Å². The van der Waals surface area contributed by atoms with Crippen LogP contribution in [0.15, 0.2) is 30.5 Å². The summed E-state index contributed by atoms with van der Waals surface area (Å²) in [6.45, 7) is 0.559. The van der Waals surface area contributed by atoms with E-state index in [9.17, 15) is 15.0 Å². The smallest absolute Gasteiger partial charge is 0.271 e. The van der Waals surface area contributed by atoms with Gasteiger partial charge in [-0.15, -0.1) is 0 Å². The van der Waals surface area contributed by atoms with E-state index < -0.39 is 17.7 Å². The van der Waals surface area contributed by atoms with Crippen molar-refractivity contribution in [2.45, 2.75) is 18.2 Å². The lowest BCUT2D eigenvalue weighted by Crippen LogP contribution is -2.42. The first-order valence-electron chi connectivity index (χ1n) is 7.97. The zero-order valence-electron chi connectivity index (χ0n) is 14.2. The molecule has 0 aliphatic carbocycles. The van der Waals surface area contributed by atoms with Gasteiger partial charge in [0, 0.05) is 24.1 Å². The van der Waals surface area contributed by atoms with Gasteiger partial charge < -0.3 is 21.7 Å². The van der Waals surface area contributed by atoms with Gasteiger partial charge in [0.15, 0.2) is 17.1 Å². The highest BCUT2D eigenvalue weighted by atomic mass is 16.4. The van der Waals surface area contributed by atoms with Gasteiger partial charge in [-0.1, -0.05) is 24.0 Å². The summed E-state index contributed by atoms with van der Waals surface area (Å²) < 4.78 is 0. The molecule has 2 aromatic rings. The van der Waals surface area contributed by atoms with E-state index in [1.54, 1.807) is 36.2 Å². The molecule has 1 aromatic heterocycles. The predicted octanol–water partition coefficient (Wildman–Crippen LogP) is -0.439. The number of rotatable bonds is 2. The van der Waals surface area contributed by atoms with Crippen molar-refractivity contribution < 1.29 is 15.0 Å². The maximum Gasteiger partial charge on any atom is 0.271 e. The molecule has 1 fully saturated rings. The predicted molar refractivity (Wildman–Crippen MR) is 95.5 cm³/mol. The fraction of sp³-hybridized carbons (Fsp3) is 0.278. The number of anilines is 1. The summed E-state index contributed by atoms with van der Waals surface area (Å²) in [5.41, 5.74) is 11.0. The number of nitrogen functional groups attached to an aromatic ring is 1. The number of likely N-dealkylation sites (N-methyl/N-ethyl adjacent to an activating group) is 1. The minimum atomic E-state index is -1.47. The number of carbonyl (C=O) groups is 1. The van der Waals surface area contributed by atoms with Crippen LogP contribution < -0.4 is 11.5 Å². The molecule has 1 unspecified atom stereocenters. The Labute approximate surface area is 150 Å². The minimum absolute atomic E-state index is 0.0289. The molecule has 2 heterocycles. The largest absolute Gasteiger partial charge is 0.382 e. The summed E-state index contributed by atoms with van der Waals surface area (Å²) in [6, 6.07) is 7.06. The quantitative estimate of drug-likeness (QED) is 0.537. The first kappa shape index (κ1) is 17.8. The lowest BCUT2D eigenvalue weighted by atomic mass is 10.0. The van der Waals surface area contributed by atoms with Crippen molar-refractivity contribution in [1.82, 2.24) is 14.9 Å². The van der Waals surface area contributed by atoms with Gasteiger partial charge in [0.1, 0.15) is 6.23 Å². The topological polar surface area (TPSA) is 139 Å². The van der Waals surface area contributed by atoms with E-state index >= 15 is 0 Å². The van der Waals surface area contributed by atoms with Gasteiger partial charge in [0.25, 0.3) is 5.91 Å². The zero-order valence-corrected chi connectivity index (χ0v) is 14.2. The average Bonchev–Trinajstić information content (AvgIpc) is 2.88. The van der Waals surface area contributed by atoms with Crippen molar-refractivity contribution in [2.75, 3.05) is 19.3 Å². The standard InChI is InChI=1S/C18H19N5O3/c1-23-8-7-18(26,17(23)25)6-5-11-3-2-4-12(9-11)13-10-21-15(19)14(22-13)16(20)24/h2-4,9-10,17,25-26H,7-8H2,1H3,(H2,19,21)(H2,20,24)/t17?,18-/m0/s1. The molecule has 1 aromatic carbocycles. The number of benzene rings is 1. The van der Waals surface area contributed by atoms with E-state index in [1.807, 2.05) is 0 Å². The fourth-order valence-electron chi connectivity index (χ4n) is 2.75. The third kappa shape index (κ3) is 3.36. The molecule has 0 saturated carbocycles. The Kier molecular flexibility index (Phi) is 4.61. The normalized spacial score (nSPS) is 22.7. The van der Waals surface area contributed by atoms with Crippen LogP contribution in [0.3, 0.4) is 0 Å². The number of nitrogens with zero attached hydrogens (tertiary/aromatic N) is 3. The average molecular weight is 353 g/mol. The molecule has 134 valence electrons. The Morgan fingerprint density at radius 2 is 2.23 bits per heavy atom. The number of hydrogen-bond acceptors (Lipinski definition) is 7. The summed E-state index contributed by atoms with van der Waals surface area (Å²) in [6.07, 6.45) is 0.777. The summed E-state index contributed by atoms with van der Waals surface area (Å²) in [5, 5.41) is 20.5. The van der Waals surface area contributed by atoms with E-state index in [2.05, 4.69) is 21.8 Å². The number of likely N-dealkylation sites (tertiary alicyclic amines) is 1. The lowest BCUT2D eigenvalue weighted by Gasteiger charge is -2.22. The van der Waals surface area contributed by atoms with Gasteiger partial charge in [-0.05, 0) is 19.2 Å². The van der Waals surface area contributed by atoms with Crippen LogP contribution in [-0.2, 0) is 0 Å². The van der Waals surface area contributed by atoms with Gasteiger partial charge in [0.2, 0.25) is 0 Å². The van der Waals surface area contributed by atoms with Gasteiger partial charge in [-0.2, -0.15) is 0 Å². The summed E-state index contributed by atoms with van der Waals surface area (Å²) in [5.74, 6) is 4.86. The second kappa shape index (κ2) is 6.72. The first-order chi connectivity index (χ1) is 12.3. The second-order valence-electron chi connectivity index (χ2n) is 6.21. The molecule has 8 nitrogen and oxygen atoms in total. The lowest BCUT2D eigenvalue weighted by molar-refractivity contribution is -0.0633. The van der Waals surface area contributed by atoms with Gasteiger partial charge in [0.05, 0.1) is 11.9 Å². The molecule has 3 rings (SSSR count). The fourth-order valence-corrected chi connectivity index (χ4v) is 2.75. The van der Waals surface area contributed by atoms with Crippen LogP contribution in [0.4, 0.5) is 5.82 Å². The van der Waals surface area contributed by atoms with E-state index in [1.165, 1.54) is 6.20 Å². The Morgan fingerprint density at radius 3 is 2.88 bits per heavy atom. The molecular weight excluding hydrogens is 334 g/mol. The first-order valence-corrected chi connectivity index (χ1v) is 7.97. The minimum Gasteiger partial charge on any atom is -0.382 e. The number of aliphatic hydroxyl groups excluding tert-OH is 1. The van der Waals surface area contributed by atoms with E-state index in [-0.39, 0.29) is 11.5 Å². The van der Waals surface area contributed by atoms with Crippen LogP contribution in [-0.4, -0.2) is 56.4 Å². The molecule has 2 atom stereocenters. The van der Waals surface area contributed by atoms with Crippen LogP contribution in [0.1, 0.15) is 22.5 Å². The highest BCUT2D eigenvalue weighted by molar-refractivity contribution is 5.95. The summed E-state index contributed by atoms with van der Waals surface area (Å²) >= 11 is 0. The molecule has 0 spiro atoms.